The molecule has 0 saturated carbocycles. The fraction of sp³-hybridized carbons (Fsp3) is 0.364. The van der Waals surface area contributed by atoms with E-state index in [0.29, 0.717) is 28.6 Å². The molecule has 156 valence electrons. The maximum Gasteiger partial charge on any atom is 0.338 e. The summed E-state index contributed by atoms with van der Waals surface area (Å²) in [7, 11) is 6.04. The summed E-state index contributed by atoms with van der Waals surface area (Å²) < 4.78 is 26.8. The topological polar surface area (TPSA) is 80.3 Å². The number of ether oxygens (including phenoxy) is 5. The summed E-state index contributed by atoms with van der Waals surface area (Å²) in [5.41, 5.74) is 0.906. The number of Topliss-reactive ketones (excluding diaryl/α,β-unsaturated/α-hetero) is 1. The zero-order valence-electron chi connectivity index (χ0n) is 17.5. The number of hydrogen-bond donors (Lipinski definition) is 0. The van der Waals surface area contributed by atoms with Crippen molar-refractivity contribution in [2.24, 2.45) is 5.92 Å². The molecule has 1 unspecified atom stereocenters. The summed E-state index contributed by atoms with van der Waals surface area (Å²) in [5.74, 6) is 0.673. The molecule has 0 amide bonds. The molecule has 0 spiro atoms. The van der Waals surface area contributed by atoms with Crippen molar-refractivity contribution in [3.8, 4) is 23.0 Å². The van der Waals surface area contributed by atoms with E-state index in [0.717, 1.165) is 0 Å². The lowest BCUT2D eigenvalue weighted by molar-refractivity contribution is -0.123. The predicted octanol–water partition coefficient (Wildman–Crippen LogP) is 3.84. The van der Waals surface area contributed by atoms with Crippen molar-refractivity contribution in [2.75, 3.05) is 28.4 Å². The zero-order chi connectivity index (χ0) is 21.6. The van der Waals surface area contributed by atoms with Crippen molar-refractivity contribution >= 4 is 11.8 Å². The monoisotopic (exact) mass is 402 g/mol. The van der Waals surface area contributed by atoms with Gasteiger partial charge in [0, 0.05) is 0 Å². The van der Waals surface area contributed by atoms with Crippen LogP contribution in [0.4, 0.5) is 0 Å². The lowest BCUT2D eigenvalue weighted by Gasteiger charge is -2.24. The number of rotatable bonds is 9. The van der Waals surface area contributed by atoms with Gasteiger partial charge in [0.1, 0.15) is 11.9 Å². The molecule has 0 aliphatic carbocycles. The van der Waals surface area contributed by atoms with Crippen LogP contribution in [-0.2, 0) is 9.53 Å². The second kappa shape index (κ2) is 9.82. The van der Waals surface area contributed by atoms with Crippen molar-refractivity contribution in [3.05, 3.63) is 47.5 Å². The molecule has 0 fully saturated rings. The molecular weight excluding hydrogens is 376 g/mol. The molecule has 0 bridgehead atoms. The third-order valence-corrected chi connectivity index (χ3v) is 4.68. The SMILES string of the molecule is COc1ccc(C(=O)OC(c2ccc(OC)c(OC)c2)[C@H](C)C(C)=O)cc1OC. The summed E-state index contributed by atoms with van der Waals surface area (Å²) >= 11 is 0. The number of carbonyl (C=O) groups excluding carboxylic acids is 2. The van der Waals surface area contributed by atoms with E-state index >= 15 is 0 Å². The van der Waals surface area contributed by atoms with Gasteiger partial charge in [-0.25, -0.2) is 4.79 Å². The molecule has 0 heterocycles. The molecule has 0 aliphatic rings. The average Bonchev–Trinajstić information content (AvgIpc) is 2.75. The minimum Gasteiger partial charge on any atom is -0.493 e. The van der Waals surface area contributed by atoms with Crippen molar-refractivity contribution in [2.45, 2.75) is 20.0 Å². The van der Waals surface area contributed by atoms with Gasteiger partial charge in [0.2, 0.25) is 0 Å². The molecule has 7 nitrogen and oxygen atoms in total. The quantitative estimate of drug-likeness (QED) is 0.590. The van der Waals surface area contributed by atoms with Gasteiger partial charge in [-0.1, -0.05) is 13.0 Å². The summed E-state index contributed by atoms with van der Waals surface area (Å²) in [6.07, 6.45) is -0.798. The van der Waals surface area contributed by atoms with Gasteiger partial charge in [0.15, 0.2) is 23.0 Å². The van der Waals surface area contributed by atoms with Crippen LogP contribution < -0.4 is 18.9 Å². The van der Waals surface area contributed by atoms with Crippen molar-refractivity contribution in [1.29, 1.82) is 0 Å². The molecule has 0 N–H and O–H groups in total. The first-order valence-electron chi connectivity index (χ1n) is 9.01. The van der Waals surface area contributed by atoms with E-state index in [1.165, 1.54) is 41.4 Å². The average molecular weight is 402 g/mol. The van der Waals surface area contributed by atoms with E-state index in [2.05, 4.69) is 0 Å². The van der Waals surface area contributed by atoms with Crippen LogP contribution in [0.25, 0.3) is 0 Å². The number of methoxy groups -OCH3 is 4. The van der Waals surface area contributed by atoms with Crippen molar-refractivity contribution in [3.63, 3.8) is 0 Å². The normalized spacial score (nSPS) is 12.5. The lowest BCUT2D eigenvalue weighted by Crippen LogP contribution is -2.23. The second-order valence-corrected chi connectivity index (χ2v) is 6.41. The molecule has 2 aromatic carbocycles. The Morgan fingerprint density at radius 3 is 1.79 bits per heavy atom. The van der Waals surface area contributed by atoms with E-state index in [4.69, 9.17) is 23.7 Å². The van der Waals surface area contributed by atoms with Gasteiger partial charge in [-0.3, -0.25) is 4.79 Å². The number of carbonyl (C=O) groups is 2. The molecule has 0 saturated heterocycles. The Hall–Kier alpha value is -3.22. The number of ketones is 1. The Bertz CT molecular complexity index is 875. The Kier molecular flexibility index (Phi) is 7.47. The highest BCUT2D eigenvalue weighted by molar-refractivity contribution is 5.91. The molecule has 2 rings (SSSR count). The Morgan fingerprint density at radius 1 is 0.759 bits per heavy atom. The number of hydrogen-bond acceptors (Lipinski definition) is 7. The van der Waals surface area contributed by atoms with Crippen LogP contribution in [0.3, 0.4) is 0 Å². The van der Waals surface area contributed by atoms with Gasteiger partial charge in [-0.05, 0) is 42.8 Å². The van der Waals surface area contributed by atoms with Gasteiger partial charge in [-0.15, -0.1) is 0 Å². The van der Waals surface area contributed by atoms with Crippen LogP contribution in [0.1, 0.15) is 35.9 Å². The molecule has 7 heteroatoms. The molecule has 2 aromatic rings. The van der Waals surface area contributed by atoms with Crippen LogP contribution >= 0.6 is 0 Å². The maximum atomic E-state index is 12.8. The Balaban J connectivity index is 2.39. The van der Waals surface area contributed by atoms with Crippen LogP contribution in [0, 0.1) is 5.92 Å². The highest BCUT2D eigenvalue weighted by Gasteiger charge is 2.28. The van der Waals surface area contributed by atoms with E-state index in [1.807, 2.05) is 0 Å². The fourth-order valence-electron chi connectivity index (χ4n) is 2.85. The number of benzene rings is 2. The maximum absolute atomic E-state index is 12.8. The third-order valence-electron chi connectivity index (χ3n) is 4.68. The Labute approximate surface area is 170 Å². The van der Waals surface area contributed by atoms with Gasteiger partial charge < -0.3 is 23.7 Å². The molecule has 0 aromatic heterocycles. The minimum atomic E-state index is -0.798. The van der Waals surface area contributed by atoms with E-state index < -0.39 is 18.0 Å². The second-order valence-electron chi connectivity index (χ2n) is 6.41. The van der Waals surface area contributed by atoms with E-state index in [1.54, 1.807) is 37.3 Å². The van der Waals surface area contributed by atoms with Gasteiger partial charge >= 0.3 is 5.97 Å². The lowest BCUT2D eigenvalue weighted by atomic mass is 9.93. The summed E-state index contributed by atoms with van der Waals surface area (Å²) in [5, 5.41) is 0. The summed E-state index contributed by atoms with van der Waals surface area (Å²) in [4.78, 5) is 24.9. The first-order valence-corrected chi connectivity index (χ1v) is 9.01. The highest BCUT2D eigenvalue weighted by atomic mass is 16.5. The van der Waals surface area contributed by atoms with E-state index in [9.17, 15) is 9.59 Å². The summed E-state index contributed by atoms with van der Waals surface area (Å²) in [6, 6.07) is 9.88. The first-order chi connectivity index (χ1) is 13.9. The van der Waals surface area contributed by atoms with Crippen molar-refractivity contribution < 1.29 is 33.3 Å². The molecule has 29 heavy (non-hydrogen) atoms. The highest BCUT2D eigenvalue weighted by Crippen LogP contribution is 2.35. The molecule has 2 atom stereocenters. The standard InChI is InChI=1S/C22H26O7/c1-13(14(2)23)21(15-7-9-17(25-3)19(11-15)27-5)29-22(24)16-8-10-18(26-4)20(12-16)28-6/h7-13,21H,1-6H3/t13-,21?/m1/s1. The fourth-order valence-corrected chi connectivity index (χ4v) is 2.85. The van der Waals surface area contributed by atoms with Crippen LogP contribution in [0.15, 0.2) is 36.4 Å². The predicted molar refractivity (Wildman–Crippen MR) is 107 cm³/mol. The van der Waals surface area contributed by atoms with Crippen LogP contribution in [0.2, 0.25) is 0 Å². The number of esters is 1. The van der Waals surface area contributed by atoms with Crippen LogP contribution in [-0.4, -0.2) is 40.2 Å². The summed E-state index contributed by atoms with van der Waals surface area (Å²) in [6.45, 7) is 3.17. The molecule has 0 radical (unpaired) electrons. The van der Waals surface area contributed by atoms with Gasteiger partial charge in [-0.2, -0.15) is 0 Å². The molecular formula is C22H26O7. The smallest absolute Gasteiger partial charge is 0.338 e. The first kappa shape index (κ1) is 22.1. The molecule has 0 aliphatic heterocycles. The van der Waals surface area contributed by atoms with Gasteiger partial charge in [0.25, 0.3) is 0 Å². The van der Waals surface area contributed by atoms with Crippen molar-refractivity contribution in [1.82, 2.24) is 0 Å². The van der Waals surface area contributed by atoms with Gasteiger partial charge in [0.05, 0.1) is 39.9 Å². The zero-order valence-corrected chi connectivity index (χ0v) is 17.5. The largest absolute Gasteiger partial charge is 0.493 e. The Morgan fingerprint density at radius 2 is 1.28 bits per heavy atom. The van der Waals surface area contributed by atoms with E-state index in [-0.39, 0.29) is 11.3 Å². The third kappa shape index (κ3) is 4.99. The minimum absolute atomic E-state index is 0.107. The van der Waals surface area contributed by atoms with Crippen LogP contribution in [0.5, 0.6) is 23.0 Å².